The quantitative estimate of drug-likeness (QED) is 0.557. The van der Waals surface area contributed by atoms with Crippen LogP contribution in [-0.2, 0) is 15.2 Å². The molecule has 0 bridgehead atoms. The van der Waals surface area contributed by atoms with E-state index in [0.717, 1.165) is 0 Å². The van der Waals surface area contributed by atoms with Gasteiger partial charge in [-0.2, -0.15) is 11.3 Å². The van der Waals surface area contributed by atoms with Gasteiger partial charge in [-0.05, 0) is 53.6 Å². The van der Waals surface area contributed by atoms with Crippen molar-refractivity contribution in [1.29, 1.82) is 0 Å². The minimum atomic E-state index is -1.25. The van der Waals surface area contributed by atoms with E-state index in [1.165, 1.54) is 11.3 Å². The van der Waals surface area contributed by atoms with E-state index in [-0.39, 0.29) is 6.54 Å². The number of rotatable bonds is 6. The summed E-state index contributed by atoms with van der Waals surface area (Å²) in [5.41, 5.74) is -0.138. The minimum absolute atomic E-state index is 0.0762. The fraction of sp³-hybridized carbons (Fsp3) is 0.143. The summed E-state index contributed by atoms with van der Waals surface area (Å²) >= 11 is 1.45. The Morgan fingerprint density at radius 1 is 1.04 bits per heavy atom. The Morgan fingerprint density at radius 2 is 1.79 bits per heavy atom. The highest BCUT2D eigenvalue weighted by Crippen LogP contribution is 2.24. The summed E-state index contributed by atoms with van der Waals surface area (Å²) in [7, 11) is 0. The lowest BCUT2D eigenvalue weighted by Crippen LogP contribution is -2.43. The molecule has 6 nitrogen and oxygen atoms in total. The van der Waals surface area contributed by atoms with Crippen molar-refractivity contribution >= 4 is 28.8 Å². The van der Waals surface area contributed by atoms with Crippen LogP contribution in [-0.4, -0.2) is 23.5 Å². The highest BCUT2D eigenvalue weighted by Gasteiger charge is 2.25. The number of thiophene rings is 1. The molecule has 1 unspecified atom stereocenters. The van der Waals surface area contributed by atoms with Crippen molar-refractivity contribution in [3.05, 3.63) is 77.0 Å². The van der Waals surface area contributed by atoms with Crippen LogP contribution < -0.4 is 15.4 Å². The monoisotopic (exact) mass is 396 g/mol. The predicted octanol–water partition coefficient (Wildman–Crippen LogP) is 3.50. The average Bonchev–Trinajstić information content (AvgIpc) is 3.23. The molecule has 1 atom stereocenters. The van der Waals surface area contributed by atoms with Gasteiger partial charge in [-0.25, -0.2) is 0 Å². The van der Waals surface area contributed by atoms with E-state index in [9.17, 15) is 14.7 Å². The zero-order chi connectivity index (χ0) is 20.0. The SMILES string of the molecule is CC(O)(CNC(=O)C(=O)Nc1cccc(Oc2ccccc2)c1)c1ccsc1. The van der Waals surface area contributed by atoms with Crippen LogP contribution in [0.4, 0.5) is 5.69 Å². The molecule has 0 aliphatic heterocycles. The van der Waals surface area contributed by atoms with Gasteiger partial charge < -0.3 is 20.5 Å². The number of ether oxygens (including phenoxy) is 1. The Kier molecular flexibility index (Phi) is 6.08. The third-order valence-corrected chi connectivity index (χ3v) is 4.70. The summed E-state index contributed by atoms with van der Waals surface area (Å²) < 4.78 is 5.71. The number of nitrogens with one attached hydrogen (secondary N) is 2. The number of anilines is 1. The van der Waals surface area contributed by atoms with Gasteiger partial charge in [-0.15, -0.1) is 0 Å². The molecule has 0 aliphatic rings. The first-order valence-corrected chi connectivity index (χ1v) is 9.55. The smallest absolute Gasteiger partial charge is 0.313 e. The average molecular weight is 396 g/mol. The van der Waals surface area contributed by atoms with Crippen LogP contribution in [0.15, 0.2) is 71.4 Å². The Morgan fingerprint density at radius 3 is 2.50 bits per heavy atom. The molecule has 2 amide bonds. The second-order valence-electron chi connectivity index (χ2n) is 6.37. The van der Waals surface area contributed by atoms with E-state index in [1.54, 1.807) is 42.6 Å². The van der Waals surface area contributed by atoms with Crippen LogP contribution in [0, 0.1) is 0 Å². The number of amides is 2. The van der Waals surface area contributed by atoms with Crippen molar-refractivity contribution in [1.82, 2.24) is 5.32 Å². The Labute approximate surface area is 166 Å². The van der Waals surface area contributed by atoms with Gasteiger partial charge in [0.25, 0.3) is 0 Å². The highest BCUT2D eigenvalue weighted by atomic mass is 32.1. The van der Waals surface area contributed by atoms with Gasteiger partial charge in [0.05, 0.1) is 6.54 Å². The van der Waals surface area contributed by atoms with Crippen molar-refractivity contribution in [2.24, 2.45) is 0 Å². The molecule has 2 aromatic carbocycles. The van der Waals surface area contributed by atoms with Crippen molar-refractivity contribution in [3.63, 3.8) is 0 Å². The number of hydrogen-bond acceptors (Lipinski definition) is 5. The fourth-order valence-electron chi connectivity index (χ4n) is 2.46. The number of benzene rings is 2. The topological polar surface area (TPSA) is 87.7 Å². The van der Waals surface area contributed by atoms with Gasteiger partial charge in [-0.1, -0.05) is 24.3 Å². The lowest BCUT2D eigenvalue weighted by Gasteiger charge is -2.22. The second kappa shape index (κ2) is 8.69. The summed E-state index contributed by atoms with van der Waals surface area (Å²) in [6.07, 6.45) is 0. The lowest BCUT2D eigenvalue weighted by molar-refractivity contribution is -0.136. The van der Waals surface area contributed by atoms with E-state index in [0.29, 0.717) is 22.7 Å². The summed E-state index contributed by atoms with van der Waals surface area (Å²) in [6, 6.07) is 17.8. The summed E-state index contributed by atoms with van der Waals surface area (Å²) in [4.78, 5) is 24.2. The van der Waals surface area contributed by atoms with E-state index in [2.05, 4.69) is 10.6 Å². The zero-order valence-corrected chi connectivity index (χ0v) is 16.0. The van der Waals surface area contributed by atoms with Gasteiger partial charge in [-0.3, -0.25) is 9.59 Å². The molecule has 0 spiro atoms. The molecule has 0 saturated carbocycles. The fourth-order valence-corrected chi connectivity index (χ4v) is 3.24. The molecule has 1 aromatic heterocycles. The Bertz CT molecular complexity index is 940. The lowest BCUT2D eigenvalue weighted by atomic mass is 9.99. The molecule has 1 heterocycles. The van der Waals surface area contributed by atoms with Crippen molar-refractivity contribution in [2.75, 3.05) is 11.9 Å². The Hall–Kier alpha value is -3.16. The first-order valence-electron chi connectivity index (χ1n) is 8.61. The molecule has 0 radical (unpaired) electrons. The van der Waals surface area contributed by atoms with Crippen LogP contribution in [0.5, 0.6) is 11.5 Å². The first kappa shape index (κ1) is 19.6. The second-order valence-corrected chi connectivity index (χ2v) is 7.15. The summed E-state index contributed by atoms with van der Waals surface area (Å²) in [5.74, 6) is -0.452. The highest BCUT2D eigenvalue weighted by molar-refractivity contribution is 7.08. The molecule has 3 aromatic rings. The van der Waals surface area contributed by atoms with Crippen LogP contribution in [0.2, 0.25) is 0 Å². The van der Waals surface area contributed by atoms with Gasteiger partial charge in [0.1, 0.15) is 17.1 Å². The number of hydrogen-bond donors (Lipinski definition) is 3. The minimum Gasteiger partial charge on any atom is -0.457 e. The molecule has 3 N–H and O–H groups in total. The van der Waals surface area contributed by atoms with Crippen LogP contribution >= 0.6 is 11.3 Å². The van der Waals surface area contributed by atoms with Gasteiger partial charge >= 0.3 is 11.8 Å². The van der Waals surface area contributed by atoms with E-state index in [1.807, 2.05) is 35.7 Å². The third-order valence-electron chi connectivity index (χ3n) is 4.01. The van der Waals surface area contributed by atoms with Crippen molar-refractivity contribution in [2.45, 2.75) is 12.5 Å². The number of para-hydroxylation sites is 1. The summed E-state index contributed by atoms with van der Waals surface area (Å²) in [5, 5.41) is 19.0. The van der Waals surface area contributed by atoms with Crippen LogP contribution in [0.3, 0.4) is 0 Å². The maximum atomic E-state index is 12.1. The summed E-state index contributed by atoms with van der Waals surface area (Å²) in [6.45, 7) is 1.50. The van der Waals surface area contributed by atoms with Gasteiger partial charge in [0.2, 0.25) is 0 Å². The van der Waals surface area contributed by atoms with E-state index >= 15 is 0 Å². The molecular weight excluding hydrogens is 376 g/mol. The number of carbonyl (C=O) groups is 2. The maximum absolute atomic E-state index is 12.1. The van der Waals surface area contributed by atoms with Crippen molar-refractivity contribution < 1.29 is 19.4 Å². The maximum Gasteiger partial charge on any atom is 0.313 e. The zero-order valence-electron chi connectivity index (χ0n) is 15.2. The normalized spacial score (nSPS) is 12.6. The van der Waals surface area contributed by atoms with E-state index in [4.69, 9.17) is 4.74 Å². The van der Waals surface area contributed by atoms with Gasteiger partial charge in [0, 0.05) is 11.8 Å². The molecule has 7 heteroatoms. The number of aliphatic hydroxyl groups is 1. The van der Waals surface area contributed by atoms with Crippen molar-refractivity contribution in [3.8, 4) is 11.5 Å². The molecule has 144 valence electrons. The molecule has 0 aliphatic carbocycles. The molecule has 0 saturated heterocycles. The van der Waals surface area contributed by atoms with Crippen LogP contribution in [0.25, 0.3) is 0 Å². The van der Waals surface area contributed by atoms with Gasteiger partial charge in [0.15, 0.2) is 0 Å². The molecule has 0 fully saturated rings. The third kappa shape index (κ3) is 5.18. The first-order chi connectivity index (χ1) is 13.4. The molecule has 28 heavy (non-hydrogen) atoms. The molecule has 3 rings (SSSR count). The standard InChI is InChI=1S/C21H20N2O4S/c1-21(26,15-10-11-28-13-15)14-22-19(24)20(25)23-16-6-5-9-18(12-16)27-17-7-3-2-4-8-17/h2-13,26H,14H2,1H3,(H,22,24)(H,23,25). The largest absolute Gasteiger partial charge is 0.457 e. The number of carbonyl (C=O) groups excluding carboxylic acids is 2. The van der Waals surface area contributed by atoms with E-state index < -0.39 is 17.4 Å². The molecular formula is C21H20N2O4S. The van der Waals surface area contributed by atoms with Crippen LogP contribution in [0.1, 0.15) is 12.5 Å². The predicted molar refractivity (Wildman–Crippen MR) is 108 cm³/mol. The Balaban J connectivity index is 1.56.